The normalized spacial score (nSPS) is 11.8. The largest absolute Gasteiger partial charge is 0.494 e. The van der Waals surface area contributed by atoms with Crippen LogP contribution in [0.2, 0.25) is 0 Å². The Labute approximate surface area is 140 Å². The van der Waals surface area contributed by atoms with Crippen molar-refractivity contribution in [3.63, 3.8) is 0 Å². The van der Waals surface area contributed by atoms with E-state index in [2.05, 4.69) is 6.92 Å². The maximum Gasteiger partial charge on any atom is 0.347 e. The van der Waals surface area contributed by atoms with Gasteiger partial charge in [-0.05, 0) is 44.5 Å². The lowest BCUT2D eigenvalue weighted by Gasteiger charge is -2.13. The zero-order chi connectivity index (χ0) is 16.9. The standard InChI is InChI=1S/C19H30O4/c1-4-6-7-8-9-10-15-22-17-11-13-18(14-12-17)23-16(3)19(20)21-5-2/h11-14,16H,4-10,15H2,1-3H3/t16-/m0/s1. The molecule has 0 aromatic heterocycles. The summed E-state index contributed by atoms with van der Waals surface area (Å²) in [5, 5.41) is 0. The molecular weight excluding hydrogens is 292 g/mol. The third kappa shape index (κ3) is 8.48. The van der Waals surface area contributed by atoms with E-state index in [9.17, 15) is 4.79 Å². The fraction of sp³-hybridized carbons (Fsp3) is 0.632. The van der Waals surface area contributed by atoms with Crippen LogP contribution >= 0.6 is 0 Å². The van der Waals surface area contributed by atoms with Crippen LogP contribution in [0.5, 0.6) is 11.5 Å². The molecule has 0 aliphatic rings. The molecule has 0 aliphatic heterocycles. The van der Waals surface area contributed by atoms with Crippen LogP contribution in [0, 0.1) is 0 Å². The Morgan fingerprint density at radius 2 is 1.57 bits per heavy atom. The van der Waals surface area contributed by atoms with Gasteiger partial charge >= 0.3 is 5.97 Å². The quantitative estimate of drug-likeness (QED) is 0.411. The first-order valence-corrected chi connectivity index (χ1v) is 8.73. The van der Waals surface area contributed by atoms with E-state index in [1.165, 1.54) is 32.1 Å². The van der Waals surface area contributed by atoms with Gasteiger partial charge in [-0.1, -0.05) is 39.0 Å². The molecule has 1 rings (SSSR count). The number of unbranched alkanes of at least 4 members (excludes halogenated alkanes) is 5. The van der Waals surface area contributed by atoms with Gasteiger partial charge in [-0.15, -0.1) is 0 Å². The van der Waals surface area contributed by atoms with Gasteiger partial charge in [-0.3, -0.25) is 0 Å². The maximum absolute atomic E-state index is 11.5. The molecule has 1 aromatic carbocycles. The summed E-state index contributed by atoms with van der Waals surface area (Å²) in [6, 6.07) is 7.35. The molecule has 0 fully saturated rings. The van der Waals surface area contributed by atoms with Crippen LogP contribution in [0.1, 0.15) is 59.3 Å². The summed E-state index contributed by atoms with van der Waals surface area (Å²) in [6.07, 6.45) is 6.91. The highest BCUT2D eigenvalue weighted by Gasteiger charge is 2.15. The average molecular weight is 322 g/mol. The Hall–Kier alpha value is -1.71. The number of ether oxygens (including phenoxy) is 3. The van der Waals surface area contributed by atoms with E-state index >= 15 is 0 Å². The molecule has 0 unspecified atom stereocenters. The minimum absolute atomic E-state index is 0.351. The number of hydrogen-bond acceptors (Lipinski definition) is 4. The summed E-state index contributed by atoms with van der Waals surface area (Å²) in [4.78, 5) is 11.5. The van der Waals surface area contributed by atoms with Gasteiger partial charge in [0.1, 0.15) is 11.5 Å². The van der Waals surface area contributed by atoms with Crippen molar-refractivity contribution in [1.82, 2.24) is 0 Å². The van der Waals surface area contributed by atoms with Crippen molar-refractivity contribution in [2.45, 2.75) is 65.4 Å². The highest BCUT2D eigenvalue weighted by Crippen LogP contribution is 2.19. The van der Waals surface area contributed by atoms with Crippen molar-refractivity contribution in [1.29, 1.82) is 0 Å². The van der Waals surface area contributed by atoms with E-state index in [4.69, 9.17) is 14.2 Å². The molecule has 0 radical (unpaired) electrons. The number of benzene rings is 1. The Morgan fingerprint density at radius 3 is 2.22 bits per heavy atom. The van der Waals surface area contributed by atoms with Crippen molar-refractivity contribution in [3.8, 4) is 11.5 Å². The van der Waals surface area contributed by atoms with E-state index in [0.717, 1.165) is 18.8 Å². The first-order chi connectivity index (χ1) is 11.2. The van der Waals surface area contributed by atoms with Gasteiger partial charge in [0.25, 0.3) is 0 Å². The summed E-state index contributed by atoms with van der Waals surface area (Å²) in [5.41, 5.74) is 0. The first-order valence-electron chi connectivity index (χ1n) is 8.73. The minimum Gasteiger partial charge on any atom is -0.494 e. The molecule has 0 heterocycles. The van der Waals surface area contributed by atoms with Crippen LogP contribution in [-0.4, -0.2) is 25.3 Å². The topological polar surface area (TPSA) is 44.8 Å². The van der Waals surface area contributed by atoms with Gasteiger partial charge in [-0.2, -0.15) is 0 Å². The van der Waals surface area contributed by atoms with Crippen LogP contribution in [0.4, 0.5) is 0 Å². The summed E-state index contributed by atoms with van der Waals surface area (Å²) in [6.45, 7) is 6.79. The van der Waals surface area contributed by atoms with Gasteiger partial charge in [0.2, 0.25) is 0 Å². The van der Waals surface area contributed by atoms with E-state index in [-0.39, 0.29) is 5.97 Å². The van der Waals surface area contributed by atoms with E-state index < -0.39 is 6.10 Å². The Balaban J connectivity index is 2.24. The lowest BCUT2D eigenvalue weighted by molar-refractivity contribution is -0.150. The van der Waals surface area contributed by atoms with Gasteiger partial charge < -0.3 is 14.2 Å². The fourth-order valence-corrected chi connectivity index (χ4v) is 2.20. The summed E-state index contributed by atoms with van der Waals surface area (Å²) in [5.74, 6) is 1.11. The number of hydrogen-bond donors (Lipinski definition) is 0. The summed E-state index contributed by atoms with van der Waals surface area (Å²) >= 11 is 0. The molecule has 0 saturated carbocycles. The van der Waals surface area contributed by atoms with Crippen LogP contribution in [0.15, 0.2) is 24.3 Å². The number of esters is 1. The van der Waals surface area contributed by atoms with Gasteiger partial charge in [0.05, 0.1) is 13.2 Å². The number of carbonyl (C=O) groups excluding carboxylic acids is 1. The van der Waals surface area contributed by atoms with E-state index in [1.807, 2.05) is 24.3 Å². The molecule has 1 aromatic rings. The highest BCUT2D eigenvalue weighted by molar-refractivity contribution is 5.74. The molecule has 0 spiro atoms. The molecule has 0 amide bonds. The summed E-state index contributed by atoms with van der Waals surface area (Å²) in [7, 11) is 0. The molecule has 130 valence electrons. The second-order valence-corrected chi connectivity index (χ2v) is 5.60. The summed E-state index contributed by atoms with van der Waals surface area (Å²) < 4.78 is 16.2. The van der Waals surface area contributed by atoms with Crippen molar-refractivity contribution < 1.29 is 19.0 Å². The lowest BCUT2D eigenvalue weighted by Crippen LogP contribution is -2.25. The zero-order valence-electron chi connectivity index (χ0n) is 14.7. The zero-order valence-corrected chi connectivity index (χ0v) is 14.7. The highest BCUT2D eigenvalue weighted by atomic mass is 16.6. The third-order valence-corrected chi connectivity index (χ3v) is 3.52. The number of rotatable bonds is 12. The van der Waals surface area contributed by atoms with Gasteiger partial charge in [-0.25, -0.2) is 4.79 Å². The van der Waals surface area contributed by atoms with Crippen LogP contribution in [0.25, 0.3) is 0 Å². The van der Waals surface area contributed by atoms with E-state index in [1.54, 1.807) is 13.8 Å². The van der Waals surface area contributed by atoms with Crippen LogP contribution in [0.3, 0.4) is 0 Å². The molecule has 1 atom stereocenters. The molecular formula is C19H30O4. The Bertz CT molecular complexity index is 428. The Morgan fingerprint density at radius 1 is 0.957 bits per heavy atom. The smallest absolute Gasteiger partial charge is 0.347 e. The monoisotopic (exact) mass is 322 g/mol. The third-order valence-electron chi connectivity index (χ3n) is 3.52. The molecule has 0 aliphatic carbocycles. The van der Waals surface area contributed by atoms with Crippen molar-refractivity contribution in [2.24, 2.45) is 0 Å². The van der Waals surface area contributed by atoms with Gasteiger partial charge in [0.15, 0.2) is 6.10 Å². The van der Waals surface area contributed by atoms with E-state index in [0.29, 0.717) is 12.4 Å². The maximum atomic E-state index is 11.5. The second-order valence-electron chi connectivity index (χ2n) is 5.60. The predicted molar refractivity (Wildman–Crippen MR) is 92.0 cm³/mol. The molecule has 4 nitrogen and oxygen atoms in total. The minimum atomic E-state index is -0.607. The first kappa shape index (κ1) is 19.3. The Kier molecular flexibility index (Phi) is 9.92. The fourth-order valence-electron chi connectivity index (χ4n) is 2.20. The second kappa shape index (κ2) is 11.8. The molecule has 0 N–H and O–H groups in total. The lowest BCUT2D eigenvalue weighted by atomic mass is 10.1. The van der Waals surface area contributed by atoms with Crippen LogP contribution in [-0.2, 0) is 9.53 Å². The number of carbonyl (C=O) groups is 1. The molecule has 4 heteroatoms. The van der Waals surface area contributed by atoms with Crippen molar-refractivity contribution in [3.05, 3.63) is 24.3 Å². The van der Waals surface area contributed by atoms with Gasteiger partial charge in [0, 0.05) is 0 Å². The average Bonchev–Trinajstić information content (AvgIpc) is 2.55. The van der Waals surface area contributed by atoms with Crippen molar-refractivity contribution >= 4 is 5.97 Å². The molecule has 0 bridgehead atoms. The van der Waals surface area contributed by atoms with Crippen molar-refractivity contribution in [2.75, 3.05) is 13.2 Å². The molecule has 0 saturated heterocycles. The SMILES string of the molecule is CCCCCCCCOc1ccc(O[C@@H](C)C(=O)OCC)cc1. The van der Waals surface area contributed by atoms with Crippen LogP contribution < -0.4 is 9.47 Å². The molecule has 23 heavy (non-hydrogen) atoms. The predicted octanol–water partition coefficient (Wildman–Crippen LogP) is 4.76.